The first-order valence-electron chi connectivity index (χ1n) is 15.6. The highest BCUT2D eigenvalue weighted by Crippen LogP contribution is 2.33. The predicted molar refractivity (Wildman–Crippen MR) is 172 cm³/mol. The van der Waals surface area contributed by atoms with E-state index in [4.69, 9.17) is 10.3 Å². The molecule has 2 fully saturated rings. The van der Waals surface area contributed by atoms with Crippen LogP contribution in [0.15, 0.2) is 23.3 Å². The van der Waals surface area contributed by atoms with Crippen LogP contribution in [0.25, 0.3) is 10.4 Å². The minimum Gasteiger partial charge on any atom is -0.441 e. The molecule has 0 spiro atoms. The highest BCUT2D eigenvalue weighted by molar-refractivity contribution is 8.00. The van der Waals surface area contributed by atoms with Gasteiger partial charge in [0.05, 0.1) is 22.6 Å². The zero-order valence-corrected chi connectivity index (χ0v) is 26.8. The molecular formula is C29H43N9O7S. The number of amides is 5. The summed E-state index contributed by atoms with van der Waals surface area (Å²) in [5.74, 6) is 0.795. The largest absolute Gasteiger partial charge is 0.441 e. The summed E-state index contributed by atoms with van der Waals surface area (Å²) < 4.78 is 5.29. The van der Waals surface area contributed by atoms with Gasteiger partial charge >= 0.3 is 12.1 Å². The maximum Gasteiger partial charge on any atom is 0.407 e. The third-order valence-corrected chi connectivity index (χ3v) is 9.26. The molecule has 3 rings (SSSR count). The molecule has 1 aromatic carbocycles. The van der Waals surface area contributed by atoms with Crippen LogP contribution in [-0.2, 0) is 20.9 Å². The highest BCUT2D eigenvalue weighted by atomic mass is 32.2. The summed E-state index contributed by atoms with van der Waals surface area (Å²) in [6.07, 6.45) is 4.44. The number of unbranched alkanes of at least 4 members (excludes halogenated alkanes) is 3. The van der Waals surface area contributed by atoms with Gasteiger partial charge in [-0.05, 0) is 56.2 Å². The number of benzene rings is 1. The third kappa shape index (κ3) is 12.3. The monoisotopic (exact) mass is 661 g/mol. The average Bonchev–Trinajstić information content (AvgIpc) is 3.58. The van der Waals surface area contributed by atoms with Crippen molar-refractivity contribution in [3.05, 3.63) is 49.9 Å². The van der Waals surface area contributed by atoms with Crippen LogP contribution in [0.1, 0.15) is 81.9 Å². The number of carbonyl (C=O) groups excluding carboxylic acids is 4. The van der Waals surface area contributed by atoms with Crippen LogP contribution in [0, 0.1) is 10.1 Å². The summed E-state index contributed by atoms with van der Waals surface area (Å²) in [7, 11) is 0. The van der Waals surface area contributed by atoms with Crippen LogP contribution >= 0.6 is 11.8 Å². The lowest BCUT2D eigenvalue weighted by atomic mass is 10.0. The molecule has 17 heteroatoms. The molecule has 16 nitrogen and oxygen atoms in total. The maximum atomic E-state index is 12.4. The van der Waals surface area contributed by atoms with Crippen molar-refractivity contribution in [1.82, 2.24) is 26.6 Å². The Morgan fingerprint density at radius 2 is 1.83 bits per heavy atom. The number of rotatable bonds is 20. The van der Waals surface area contributed by atoms with Gasteiger partial charge in [0.1, 0.15) is 6.10 Å². The minimum atomic E-state index is -0.923. The van der Waals surface area contributed by atoms with E-state index < -0.39 is 17.1 Å². The standard InChI is InChI=1S/C29H43N9O7S/c1-19(45-29(42)32-14-7-15-34-37-30)21-16-20(11-12-23(21)38(43)44)17-33-26(40)9-3-2-6-13-31-25(39)10-5-4-8-24-27-22(18-46-24)35-28(41)36-27/h11-12,16,19,22,24,27H,2-10,13-15,17-18H2,1H3,(H,31,39)(H,32,42)(H,33,40)(H2,35,36,41)/t19?,22?,24-,27-/m0/s1. The molecule has 252 valence electrons. The Morgan fingerprint density at radius 3 is 2.59 bits per heavy atom. The molecule has 2 aliphatic rings. The molecule has 0 bridgehead atoms. The van der Waals surface area contributed by atoms with E-state index in [0.717, 1.165) is 37.9 Å². The number of nitro groups is 1. The van der Waals surface area contributed by atoms with Crippen molar-refractivity contribution in [2.24, 2.45) is 5.11 Å². The second-order valence-corrected chi connectivity index (χ2v) is 12.5. The van der Waals surface area contributed by atoms with Gasteiger partial charge in [0, 0.05) is 61.0 Å². The van der Waals surface area contributed by atoms with Gasteiger partial charge in [0.15, 0.2) is 0 Å². The number of carbonyl (C=O) groups is 4. The molecule has 0 radical (unpaired) electrons. The van der Waals surface area contributed by atoms with Crippen molar-refractivity contribution in [1.29, 1.82) is 0 Å². The summed E-state index contributed by atoms with van der Waals surface area (Å²) in [5.41, 5.74) is 8.90. The number of hydrogen-bond acceptors (Lipinski definition) is 9. The lowest BCUT2D eigenvalue weighted by Gasteiger charge is -2.16. The molecule has 0 saturated carbocycles. The smallest absolute Gasteiger partial charge is 0.407 e. The number of fused-ring (bicyclic) bond motifs is 1. The molecule has 5 N–H and O–H groups in total. The molecule has 2 saturated heterocycles. The molecular weight excluding hydrogens is 618 g/mol. The number of ether oxygens (including phenoxy) is 1. The second kappa shape index (κ2) is 19.3. The van der Waals surface area contributed by atoms with Gasteiger partial charge in [-0.2, -0.15) is 11.8 Å². The first kappa shape index (κ1) is 36.2. The molecule has 0 aliphatic carbocycles. The number of alkyl carbamates (subject to hydrolysis) is 1. The normalized spacial score (nSPS) is 18.7. The third-order valence-electron chi connectivity index (χ3n) is 7.75. The fourth-order valence-corrected chi connectivity index (χ4v) is 6.87. The summed E-state index contributed by atoms with van der Waals surface area (Å²) in [5, 5.41) is 29.5. The number of azide groups is 1. The summed E-state index contributed by atoms with van der Waals surface area (Å²) in [6.45, 7) is 2.67. The lowest BCUT2D eigenvalue weighted by molar-refractivity contribution is -0.386. The van der Waals surface area contributed by atoms with E-state index in [1.807, 2.05) is 11.8 Å². The van der Waals surface area contributed by atoms with Crippen molar-refractivity contribution in [3.63, 3.8) is 0 Å². The number of nitrogens with zero attached hydrogens (tertiary/aromatic N) is 4. The molecule has 4 atom stereocenters. The van der Waals surface area contributed by atoms with Gasteiger partial charge in [-0.15, -0.1) is 0 Å². The first-order chi connectivity index (χ1) is 22.2. The fraction of sp³-hybridized carbons (Fsp3) is 0.655. The Labute approximate surface area is 271 Å². The number of urea groups is 1. The summed E-state index contributed by atoms with van der Waals surface area (Å²) >= 11 is 1.87. The van der Waals surface area contributed by atoms with E-state index in [9.17, 15) is 29.3 Å². The Hall–Kier alpha value is -4.24. The second-order valence-electron chi connectivity index (χ2n) is 11.2. The van der Waals surface area contributed by atoms with Crippen LogP contribution in [-0.4, -0.2) is 71.6 Å². The number of thioether (sulfide) groups is 1. The number of nitrogens with one attached hydrogen (secondary N) is 5. The Kier molecular flexibility index (Phi) is 15.2. The van der Waals surface area contributed by atoms with E-state index >= 15 is 0 Å². The predicted octanol–water partition coefficient (Wildman–Crippen LogP) is 4.10. The summed E-state index contributed by atoms with van der Waals surface area (Å²) in [6, 6.07) is 4.72. The van der Waals surface area contributed by atoms with Crippen molar-refractivity contribution in [3.8, 4) is 0 Å². The van der Waals surface area contributed by atoms with Crippen LogP contribution < -0.4 is 26.6 Å². The van der Waals surface area contributed by atoms with Crippen LogP contribution in [0.5, 0.6) is 0 Å². The fourth-order valence-electron chi connectivity index (χ4n) is 5.32. The van der Waals surface area contributed by atoms with Crippen molar-refractivity contribution in [2.75, 3.05) is 25.4 Å². The van der Waals surface area contributed by atoms with Crippen LogP contribution in [0.3, 0.4) is 0 Å². The Bertz CT molecular complexity index is 1280. The first-order valence-corrected chi connectivity index (χ1v) is 16.7. The van der Waals surface area contributed by atoms with E-state index in [1.165, 1.54) is 19.1 Å². The van der Waals surface area contributed by atoms with E-state index in [2.05, 4.69) is 36.6 Å². The van der Waals surface area contributed by atoms with Gasteiger partial charge in [0.25, 0.3) is 5.69 Å². The number of hydrogen-bond donors (Lipinski definition) is 5. The van der Waals surface area contributed by atoms with Crippen LogP contribution in [0.2, 0.25) is 0 Å². The molecule has 46 heavy (non-hydrogen) atoms. The minimum absolute atomic E-state index is 0.0237. The molecule has 2 aliphatic heterocycles. The van der Waals surface area contributed by atoms with E-state index in [-0.39, 0.29) is 60.8 Å². The zero-order chi connectivity index (χ0) is 33.3. The molecule has 2 heterocycles. The van der Waals surface area contributed by atoms with Crippen molar-refractivity contribution in [2.45, 2.75) is 94.7 Å². The van der Waals surface area contributed by atoms with Gasteiger partial charge in [-0.1, -0.05) is 24.0 Å². The topological polar surface area (TPSA) is 230 Å². The molecule has 2 unspecified atom stereocenters. The Balaban J connectivity index is 1.26. The molecule has 0 aromatic heterocycles. The SMILES string of the molecule is CC(OC(=O)NCCCN=[N+]=[N-])c1cc(CNC(=O)CCCCCNC(=O)CCCC[C@@H]2SCC3NC(=O)N[C@@H]32)ccc1[N+](=O)[O-]. The molecule has 5 amide bonds. The number of nitro benzene ring substituents is 1. The van der Waals surface area contributed by atoms with Gasteiger partial charge < -0.3 is 31.3 Å². The lowest BCUT2D eigenvalue weighted by Crippen LogP contribution is -2.36. The Morgan fingerprint density at radius 1 is 1.09 bits per heavy atom. The maximum absolute atomic E-state index is 12.4. The quantitative estimate of drug-likeness (QED) is 0.0259. The average molecular weight is 662 g/mol. The van der Waals surface area contributed by atoms with Gasteiger partial charge in [0.2, 0.25) is 11.8 Å². The van der Waals surface area contributed by atoms with Crippen molar-refractivity contribution >= 4 is 41.4 Å². The van der Waals surface area contributed by atoms with Gasteiger partial charge in [-0.25, -0.2) is 9.59 Å². The highest BCUT2D eigenvalue weighted by Gasteiger charge is 2.42. The van der Waals surface area contributed by atoms with Crippen molar-refractivity contribution < 1.29 is 28.8 Å². The van der Waals surface area contributed by atoms with E-state index in [1.54, 1.807) is 6.07 Å². The summed E-state index contributed by atoms with van der Waals surface area (Å²) in [4.78, 5) is 61.7. The van der Waals surface area contributed by atoms with Crippen LogP contribution in [0.4, 0.5) is 15.3 Å². The van der Waals surface area contributed by atoms with Gasteiger partial charge in [-0.3, -0.25) is 19.7 Å². The van der Waals surface area contributed by atoms with E-state index in [0.29, 0.717) is 43.0 Å². The molecule has 1 aromatic rings. The zero-order valence-electron chi connectivity index (χ0n) is 26.0.